The third-order valence-corrected chi connectivity index (χ3v) is 11.6. The van der Waals surface area contributed by atoms with Gasteiger partial charge in [-0.3, -0.25) is 14.5 Å². The molecule has 2 N–H and O–H groups in total. The number of likely N-dealkylation sites (N-methyl/N-ethyl adjacent to an activating group) is 1. The maximum atomic E-state index is 16.2. The zero-order valence-electron chi connectivity index (χ0n) is 24.8. The van der Waals surface area contributed by atoms with E-state index in [1.165, 1.54) is 6.07 Å². The fraction of sp³-hybridized carbons (Fsp3) is 0.588. The lowest BCUT2D eigenvalue weighted by Crippen LogP contribution is -2.61. The van der Waals surface area contributed by atoms with E-state index in [4.69, 9.17) is 23.2 Å². The highest BCUT2D eigenvalue weighted by Gasteiger charge is 2.75. The molecule has 2 aromatic carbocycles. The maximum Gasteiger partial charge on any atom is 0.238 e. The number of nitrogens with one attached hydrogen (secondary N) is 2. The molecule has 1 saturated heterocycles. The molecule has 2 aliphatic carbocycles. The lowest BCUT2D eigenvalue weighted by atomic mass is 9.55. The number of hydrogen-bond donors (Lipinski definition) is 2. The minimum atomic E-state index is -1.19. The predicted octanol–water partition coefficient (Wildman–Crippen LogP) is 7.84. The van der Waals surface area contributed by atoms with E-state index in [0.717, 1.165) is 63.4 Å². The van der Waals surface area contributed by atoms with E-state index >= 15 is 4.39 Å². The van der Waals surface area contributed by atoms with Gasteiger partial charge in [-0.1, -0.05) is 81.4 Å². The molecule has 8 heteroatoms. The van der Waals surface area contributed by atoms with Crippen molar-refractivity contribution in [2.75, 3.05) is 11.9 Å². The van der Waals surface area contributed by atoms with Gasteiger partial charge in [0, 0.05) is 28.2 Å². The third kappa shape index (κ3) is 4.42. The maximum absolute atomic E-state index is 16.2. The normalized spacial score (nSPS) is 30.6. The molecule has 5 nitrogen and oxygen atoms in total. The second-order valence-corrected chi connectivity index (χ2v) is 14.1. The monoisotopic (exact) mass is 613 g/mol. The molecule has 0 radical (unpaired) electrons. The Morgan fingerprint density at radius 2 is 1.81 bits per heavy atom. The van der Waals surface area contributed by atoms with Gasteiger partial charge in [0.15, 0.2) is 0 Å². The average molecular weight is 615 g/mol. The molecule has 42 heavy (non-hydrogen) atoms. The van der Waals surface area contributed by atoms with Crippen LogP contribution < -0.4 is 10.6 Å². The quantitative estimate of drug-likeness (QED) is 0.361. The van der Waals surface area contributed by atoms with Gasteiger partial charge >= 0.3 is 0 Å². The summed E-state index contributed by atoms with van der Waals surface area (Å²) in [5.74, 6) is -0.336. The van der Waals surface area contributed by atoms with E-state index in [1.807, 2.05) is 6.07 Å². The van der Waals surface area contributed by atoms with Gasteiger partial charge in [-0.15, -0.1) is 0 Å². The van der Waals surface area contributed by atoms with Crippen molar-refractivity contribution < 1.29 is 14.0 Å². The van der Waals surface area contributed by atoms with Crippen LogP contribution in [-0.2, 0) is 15.0 Å². The van der Waals surface area contributed by atoms with Crippen LogP contribution in [0, 0.1) is 17.7 Å². The Balaban J connectivity index is 1.54. The summed E-state index contributed by atoms with van der Waals surface area (Å²) >= 11 is 12.8. The Labute approximate surface area is 258 Å². The van der Waals surface area contributed by atoms with E-state index in [-0.39, 0.29) is 22.9 Å². The number of carbonyl (C=O) groups excluding carboxylic acids is 2. The zero-order valence-corrected chi connectivity index (χ0v) is 26.3. The number of amides is 2. The van der Waals surface area contributed by atoms with Crippen LogP contribution in [0.1, 0.15) is 95.6 Å². The second-order valence-electron chi connectivity index (χ2n) is 13.3. The van der Waals surface area contributed by atoms with Crippen LogP contribution in [0.4, 0.5) is 10.1 Å². The number of carbonyl (C=O) groups is 2. The van der Waals surface area contributed by atoms with Crippen LogP contribution in [0.3, 0.4) is 0 Å². The van der Waals surface area contributed by atoms with Crippen LogP contribution in [-0.4, -0.2) is 40.9 Å². The zero-order chi connectivity index (χ0) is 29.8. The van der Waals surface area contributed by atoms with Gasteiger partial charge in [0.05, 0.1) is 11.1 Å². The third-order valence-electron chi connectivity index (χ3n) is 11.1. The van der Waals surface area contributed by atoms with Crippen molar-refractivity contribution in [1.82, 2.24) is 10.2 Å². The molecule has 2 heterocycles. The molecule has 0 unspecified atom stereocenters. The Bertz CT molecular complexity index is 1370. The number of hydrogen-bond acceptors (Lipinski definition) is 3. The Kier molecular flexibility index (Phi) is 8.12. The average Bonchev–Trinajstić information content (AvgIpc) is 3.39. The highest BCUT2D eigenvalue weighted by atomic mass is 35.5. The molecule has 0 bridgehead atoms. The minimum Gasteiger partial charge on any atom is -0.352 e. The van der Waals surface area contributed by atoms with Crippen molar-refractivity contribution in [2.45, 2.75) is 108 Å². The summed E-state index contributed by atoms with van der Waals surface area (Å²) in [4.78, 5) is 31.6. The largest absolute Gasteiger partial charge is 0.352 e. The fourth-order valence-electron chi connectivity index (χ4n) is 9.27. The molecule has 2 saturated carbocycles. The molecule has 2 amide bonds. The van der Waals surface area contributed by atoms with Crippen LogP contribution in [0.15, 0.2) is 36.4 Å². The van der Waals surface area contributed by atoms with Crippen molar-refractivity contribution >= 4 is 40.7 Å². The van der Waals surface area contributed by atoms with Gasteiger partial charge in [-0.05, 0) is 86.2 Å². The smallest absolute Gasteiger partial charge is 0.238 e. The number of benzene rings is 2. The summed E-state index contributed by atoms with van der Waals surface area (Å²) in [6, 6.07) is 9.81. The van der Waals surface area contributed by atoms with Crippen LogP contribution in [0.5, 0.6) is 0 Å². The van der Waals surface area contributed by atoms with Crippen molar-refractivity contribution in [3.63, 3.8) is 0 Å². The molecule has 2 aromatic rings. The minimum absolute atomic E-state index is 0.00352. The summed E-state index contributed by atoms with van der Waals surface area (Å²) in [5.41, 5.74) is -0.0834. The summed E-state index contributed by atoms with van der Waals surface area (Å²) in [6.07, 6.45) is 8.47. The number of likely N-dealkylation sites (tertiary alicyclic amines) is 1. The van der Waals surface area contributed by atoms with Crippen molar-refractivity contribution in [1.29, 1.82) is 0 Å². The first kappa shape index (κ1) is 29.9. The molecule has 3 fully saturated rings. The first-order valence-electron chi connectivity index (χ1n) is 15.8. The van der Waals surface area contributed by atoms with Crippen LogP contribution >= 0.6 is 23.2 Å². The molecular formula is C34H42Cl2FN3O2. The lowest BCUT2D eigenvalue weighted by Gasteiger charge is -2.50. The van der Waals surface area contributed by atoms with Gasteiger partial charge in [0.1, 0.15) is 11.2 Å². The Morgan fingerprint density at radius 3 is 2.48 bits per heavy atom. The van der Waals surface area contributed by atoms with E-state index in [2.05, 4.69) is 36.3 Å². The standard InChI is InChI=1S/C34H42Cl2FN3O2/c1-4-40-30(31(41)38-23-14-11-21(12-15-23)20(2)3)28(24-9-8-10-26(36)29(24)37)34(33(40)17-6-5-7-18-33)25-16-13-22(35)19-27(25)39-32(34)42/h8-10,13,16,19-21,23,28,30H,4-7,11-12,14-15,17-18H2,1-3H3,(H,38,41)(H,39,42)/t21-,23-,28-,30+,34+/m0/s1. The number of halogens is 3. The first-order chi connectivity index (χ1) is 20.2. The molecular weight excluding hydrogens is 572 g/mol. The van der Waals surface area contributed by atoms with Crippen LogP contribution in [0.2, 0.25) is 10.0 Å². The Morgan fingerprint density at radius 1 is 1.10 bits per heavy atom. The first-order valence-corrected chi connectivity index (χ1v) is 16.5. The van der Waals surface area contributed by atoms with Gasteiger partial charge < -0.3 is 10.6 Å². The van der Waals surface area contributed by atoms with E-state index in [0.29, 0.717) is 34.7 Å². The molecule has 6 rings (SSSR count). The van der Waals surface area contributed by atoms with Gasteiger partial charge in [0.2, 0.25) is 11.8 Å². The van der Waals surface area contributed by atoms with E-state index in [1.54, 1.807) is 24.3 Å². The SMILES string of the molecule is CCN1[C@@H](C(=O)N[C@H]2CC[C@H](C(C)C)CC2)[C@H](c2cccc(Cl)c2F)[C@]2(C(=O)Nc3cc(Cl)ccc32)C12CCCCC2. The molecule has 226 valence electrons. The summed E-state index contributed by atoms with van der Waals surface area (Å²) in [6.45, 7) is 7.16. The summed E-state index contributed by atoms with van der Waals surface area (Å²) in [5, 5.41) is 7.06. The fourth-order valence-corrected chi connectivity index (χ4v) is 9.62. The summed E-state index contributed by atoms with van der Waals surface area (Å²) in [7, 11) is 0. The predicted molar refractivity (Wildman–Crippen MR) is 167 cm³/mol. The number of nitrogens with zero attached hydrogens (tertiary/aromatic N) is 1. The molecule has 3 atom stereocenters. The number of fused-ring (bicyclic) bond motifs is 3. The van der Waals surface area contributed by atoms with Crippen molar-refractivity contribution in [3.8, 4) is 0 Å². The molecule has 0 aromatic heterocycles. The van der Waals surface area contributed by atoms with Gasteiger partial charge in [-0.2, -0.15) is 0 Å². The number of rotatable bonds is 5. The highest BCUT2D eigenvalue weighted by molar-refractivity contribution is 6.31. The molecule has 4 aliphatic rings. The van der Waals surface area contributed by atoms with Gasteiger partial charge in [0.25, 0.3) is 0 Å². The topological polar surface area (TPSA) is 61.4 Å². The van der Waals surface area contributed by atoms with E-state index < -0.39 is 28.7 Å². The summed E-state index contributed by atoms with van der Waals surface area (Å²) < 4.78 is 16.2. The highest BCUT2D eigenvalue weighted by Crippen LogP contribution is 2.66. The van der Waals surface area contributed by atoms with E-state index in [9.17, 15) is 9.59 Å². The number of anilines is 1. The molecule has 2 spiro atoms. The second kappa shape index (κ2) is 11.4. The Hall–Kier alpha value is -2.15. The van der Waals surface area contributed by atoms with Crippen molar-refractivity contribution in [2.24, 2.45) is 11.8 Å². The molecule has 2 aliphatic heterocycles. The van der Waals surface area contributed by atoms with Crippen molar-refractivity contribution in [3.05, 3.63) is 63.4 Å². The lowest BCUT2D eigenvalue weighted by molar-refractivity contribution is -0.129. The van der Waals surface area contributed by atoms with Crippen LogP contribution in [0.25, 0.3) is 0 Å². The van der Waals surface area contributed by atoms with Gasteiger partial charge in [-0.25, -0.2) is 4.39 Å².